The van der Waals surface area contributed by atoms with Crippen LogP contribution in [0.15, 0.2) is 56.1 Å². The zero-order valence-corrected chi connectivity index (χ0v) is 18.7. The molecule has 2 aromatic carbocycles. The van der Waals surface area contributed by atoms with Gasteiger partial charge < -0.3 is 14.5 Å². The first-order valence-corrected chi connectivity index (χ1v) is 10.9. The standard InChI is InChI=1S/C24H24BrNO4/c1-15-19-8-7-18(29-2)14-21(19)30-23(28)20(15)9-10-22(27)26-24(11-4-12-24)16-5-3-6-17(25)13-16/h3,5-8,13-14H,4,9-12H2,1-2H3,(H,26,27). The van der Waals surface area contributed by atoms with Gasteiger partial charge in [-0.3, -0.25) is 4.79 Å². The Bertz CT molecular complexity index is 1160. The lowest BCUT2D eigenvalue weighted by Gasteiger charge is -2.43. The van der Waals surface area contributed by atoms with E-state index in [1.807, 2.05) is 31.2 Å². The minimum absolute atomic E-state index is 0.0525. The number of aryl methyl sites for hydroxylation is 1. The van der Waals surface area contributed by atoms with Crippen molar-refractivity contribution < 1.29 is 13.9 Å². The largest absolute Gasteiger partial charge is 0.497 e. The van der Waals surface area contributed by atoms with E-state index in [2.05, 4.69) is 33.4 Å². The number of rotatable bonds is 6. The number of halogens is 1. The summed E-state index contributed by atoms with van der Waals surface area (Å²) in [6.07, 6.45) is 3.52. The van der Waals surface area contributed by atoms with Gasteiger partial charge in [0.2, 0.25) is 5.91 Å². The predicted octanol–water partition coefficient (Wildman–Crippen LogP) is 5.00. The van der Waals surface area contributed by atoms with Crippen LogP contribution in [-0.2, 0) is 16.8 Å². The van der Waals surface area contributed by atoms with E-state index in [9.17, 15) is 9.59 Å². The molecule has 1 fully saturated rings. The van der Waals surface area contributed by atoms with Crippen LogP contribution in [0.2, 0.25) is 0 Å². The fourth-order valence-electron chi connectivity index (χ4n) is 4.16. The molecule has 5 nitrogen and oxygen atoms in total. The van der Waals surface area contributed by atoms with E-state index in [-0.39, 0.29) is 17.9 Å². The van der Waals surface area contributed by atoms with Gasteiger partial charge >= 0.3 is 5.63 Å². The highest BCUT2D eigenvalue weighted by atomic mass is 79.9. The van der Waals surface area contributed by atoms with Gasteiger partial charge in [0.25, 0.3) is 0 Å². The Balaban J connectivity index is 1.51. The van der Waals surface area contributed by atoms with E-state index in [0.29, 0.717) is 23.3 Å². The first-order valence-electron chi connectivity index (χ1n) is 10.1. The van der Waals surface area contributed by atoms with Crippen LogP contribution in [-0.4, -0.2) is 13.0 Å². The van der Waals surface area contributed by atoms with Crippen molar-refractivity contribution in [1.82, 2.24) is 5.32 Å². The predicted molar refractivity (Wildman–Crippen MR) is 120 cm³/mol. The molecular weight excluding hydrogens is 446 g/mol. The van der Waals surface area contributed by atoms with E-state index < -0.39 is 5.63 Å². The lowest BCUT2D eigenvalue weighted by Crippen LogP contribution is -2.50. The smallest absolute Gasteiger partial charge is 0.339 e. The quantitative estimate of drug-likeness (QED) is 0.515. The van der Waals surface area contributed by atoms with Gasteiger partial charge in [-0.2, -0.15) is 0 Å². The molecule has 156 valence electrons. The van der Waals surface area contributed by atoms with Crippen LogP contribution in [0.4, 0.5) is 0 Å². The molecule has 1 N–H and O–H groups in total. The molecule has 0 radical (unpaired) electrons. The van der Waals surface area contributed by atoms with E-state index >= 15 is 0 Å². The summed E-state index contributed by atoms with van der Waals surface area (Å²) in [7, 11) is 1.57. The second kappa shape index (κ2) is 8.26. The fraction of sp³-hybridized carbons (Fsp3) is 0.333. The molecule has 0 spiro atoms. The summed E-state index contributed by atoms with van der Waals surface area (Å²) in [5, 5.41) is 4.08. The highest BCUT2D eigenvalue weighted by molar-refractivity contribution is 9.10. The van der Waals surface area contributed by atoms with Crippen LogP contribution < -0.4 is 15.7 Å². The van der Waals surface area contributed by atoms with Crippen LogP contribution in [0.5, 0.6) is 5.75 Å². The summed E-state index contributed by atoms with van der Waals surface area (Å²) in [6.45, 7) is 1.90. The monoisotopic (exact) mass is 469 g/mol. The molecule has 1 aliphatic carbocycles. The molecule has 0 atom stereocenters. The number of nitrogens with one attached hydrogen (secondary N) is 1. The zero-order valence-electron chi connectivity index (χ0n) is 17.1. The first kappa shape index (κ1) is 20.7. The molecule has 4 rings (SSSR count). The van der Waals surface area contributed by atoms with Crippen molar-refractivity contribution in [3.8, 4) is 5.75 Å². The zero-order chi connectivity index (χ0) is 21.3. The number of benzene rings is 2. The SMILES string of the molecule is COc1ccc2c(C)c(CCC(=O)NC3(c4cccc(Br)c4)CCC3)c(=O)oc2c1. The molecular formula is C24H24BrNO4. The maximum atomic E-state index is 12.8. The summed E-state index contributed by atoms with van der Waals surface area (Å²) < 4.78 is 11.7. The van der Waals surface area contributed by atoms with Crippen molar-refractivity contribution in [2.45, 2.75) is 44.6 Å². The Labute approximate surface area is 183 Å². The number of hydrogen-bond donors (Lipinski definition) is 1. The van der Waals surface area contributed by atoms with Gasteiger partial charge in [-0.1, -0.05) is 28.1 Å². The van der Waals surface area contributed by atoms with E-state index in [0.717, 1.165) is 40.2 Å². The molecule has 3 aromatic rings. The maximum Gasteiger partial charge on any atom is 0.339 e. The van der Waals surface area contributed by atoms with E-state index in [4.69, 9.17) is 9.15 Å². The number of carbonyl (C=O) groups is 1. The fourth-order valence-corrected chi connectivity index (χ4v) is 4.56. The summed E-state index contributed by atoms with van der Waals surface area (Å²) in [5.41, 5.74) is 2.31. The molecule has 1 heterocycles. The van der Waals surface area contributed by atoms with Crippen LogP contribution in [0.1, 0.15) is 42.4 Å². The van der Waals surface area contributed by atoms with Crippen LogP contribution in [0, 0.1) is 6.92 Å². The van der Waals surface area contributed by atoms with Gasteiger partial charge in [0, 0.05) is 27.9 Å². The van der Waals surface area contributed by atoms with Crippen LogP contribution in [0.25, 0.3) is 11.0 Å². The minimum Gasteiger partial charge on any atom is -0.497 e. The van der Waals surface area contributed by atoms with Gasteiger partial charge in [0.1, 0.15) is 11.3 Å². The number of hydrogen-bond acceptors (Lipinski definition) is 4. The molecule has 30 heavy (non-hydrogen) atoms. The normalized spacial score (nSPS) is 14.9. The topological polar surface area (TPSA) is 68.5 Å². The average Bonchev–Trinajstić information content (AvgIpc) is 2.70. The Morgan fingerprint density at radius 3 is 2.70 bits per heavy atom. The van der Waals surface area contributed by atoms with E-state index in [1.54, 1.807) is 13.2 Å². The van der Waals surface area contributed by atoms with Crippen molar-refractivity contribution in [2.24, 2.45) is 0 Å². The second-order valence-electron chi connectivity index (χ2n) is 7.85. The summed E-state index contributed by atoms with van der Waals surface area (Å²) in [6, 6.07) is 13.5. The van der Waals surface area contributed by atoms with Crippen molar-refractivity contribution in [3.05, 3.63) is 74.0 Å². The molecule has 1 aliphatic rings. The van der Waals surface area contributed by atoms with Crippen molar-refractivity contribution in [3.63, 3.8) is 0 Å². The third kappa shape index (κ3) is 3.88. The maximum absolute atomic E-state index is 12.8. The van der Waals surface area contributed by atoms with Gasteiger partial charge in [-0.05, 0) is 68.0 Å². The van der Waals surface area contributed by atoms with Crippen LogP contribution in [0.3, 0.4) is 0 Å². The summed E-state index contributed by atoms with van der Waals surface area (Å²) >= 11 is 3.51. The van der Waals surface area contributed by atoms with E-state index in [1.165, 1.54) is 0 Å². The highest BCUT2D eigenvalue weighted by Crippen LogP contribution is 2.42. The molecule has 1 aromatic heterocycles. The van der Waals surface area contributed by atoms with Crippen molar-refractivity contribution in [1.29, 1.82) is 0 Å². The number of ether oxygens (including phenoxy) is 1. The minimum atomic E-state index is -0.397. The third-order valence-corrected chi connectivity index (χ3v) is 6.55. The van der Waals surface area contributed by atoms with Gasteiger partial charge in [-0.25, -0.2) is 4.79 Å². The number of amides is 1. The summed E-state index contributed by atoms with van der Waals surface area (Å²) in [5.74, 6) is 0.582. The third-order valence-electron chi connectivity index (χ3n) is 6.06. The van der Waals surface area contributed by atoms with Gasteiger partial charge in [-0.15, -0.1) is 0 Å². The molecule has 1 amide bonds. The van der Waals surface area contributed by atoms with Gasteiger partial charge in [0.15, 0.2) is 0 Å². The van der Waals surface area contributed by atoms with Gasteiger partial charge in [0.05, 0.1) is 12.6 Å². The molecule has 0 saturated heterocycles. The Morgan fingerprint density at radius 2 is 2.03 bits per heavy atom. The number of carbonyl (C=O) groups excluding carboxylic acids is 1. The molecule has 6 heteroatoms. The number of fused-ring (bicyclic) bond motifs is 1. The molecule has 0 bridgehead atoms. The highest BCUT2D eigenvalue weighted by Gasteiger charge is 2.39. The van der Waals surface area contributed by atoms with Crippen molar-refractivity contribution >= 4 is 32.8 Å². The summed E-state index contributed by atoms with van der Waals surface area (Å²) in [4.78, 5) is 25.3. The molecule has 1 saturated carbocycles. The lowest BCUT2D eigenvalue weighted by atomic mass is 9.71. The van der Waals surface area contributed by atoms with Crippen molar-refractivity contribution in [2.75, 3.05) is 7.11 Å². The average molecular weight is 470 g/mol. The Hall–Kier alpha value is -2.60. The first-order chi connectivity index (χ1) is 14.4. The Kier molecular flexibility index (Phi) is 5.69. The van der Waals surface area contributed by atoms with Crippen LogP contribution >= 0.6 is 15.9 Å². The number of methoxy groups -OCH3 is 1. The second-order valence-corrected chi connectivity index (χ2v) is 8.77. The Morgan fingerprint density at radius 1 is 1.23 bits per heavy atom. The lowest BCUT2D eigenvalue weighted by molar-refractivity contribution is -0.124. The molecule has 0 aliphatic heterocycles. The molecule has 0 unspecified atom stereocenters.